The number of sulfonamides is 1. The fourth-order valence-corrected chi connectivity index (χ4v) is 3.72. The summed E-state index contributed by atoms with van der Waals surface area (Å²) < 4.78 is 25.8. The Morgan fingerprint density at radius 3 is 2.39 bits per heavy atom. The van der Waals surface area contributed by atoms with Gasteiger partial charge in [0.05, 0.1) is 4.99 Å². The summed E-state index contributed by atoms with van der Waals surface area (Å²) in [6.45, 7) is 2.08. The lowest BCUT2D eigenvalue weighted by molar-refractivity contribution is 0.461. The summed E-state index contributed by atoms with van der Waals surface area (Å²) in [7, 11) is -1.94. The molecule has 1 aromatic rings. The average Bonchev–Trinajstić information content (AvgIpc) is 2.30. The highest BCUT2D eigenvalue weighted by atomic mass is 32.2. The van der Waals surface area contributed by atoms with Gasteiger partial charge in [-0.05, 0) is 12.0 Å². The summed E-state index contributed by atoms with van der Waals surface area (Å²) in [4.78, 5) is 0.0254. The molecule has 0 bridgehead atoms. The first kappa shape index (κ1) is 15.1. The van der Waals surface area contributed by atoms with E-state index in [4.69, 9.17) is 18.0 Å². The molecule has 0 saturated heterocycles. The van der Waals surface area contributed by atoms with Crippen molar-refractivity contribution in [1.29, 1.82) is 0 Å². The van der Waals surface area contributed by atoms with Crippen molar-refractivity contribution < 1.29 is 8.42 Å². The molecular formula is C12H18N2O2S2. The maximum Gasteiger partial charge on any atom is 0.223 e. The van der Waals surface area contributed by atoms with E-state index in [0.29, 0.717) is 13.0 Å². The quantitative estimate of drug-likeness (QED) is 0.805. The number of nitrogens with zero attached hydrogens (tertiary/aromatic N) is 1. The summed E-state index contributed by atoms with van der Waals surface area (Å²) in [5.41, 5.74) is 6.42. The zero-order valence-electron chi connectivity index (χ0n) is 10.5. The lowest BCUT2D eigenvalue weighted by Gasteiger charge is -2.23. The average molecular weight is 286 g/mol. The standard InChI is InChI=1S/C12H18N2O2S2/c1-3-11(12(13)17)18(15,16)14(2)9-10-7-5-4-6-8-10/h4-8,11H,3,9H2,1-2H3,(H2,13,17). The van der Waals surface area contributed by atoms with Crippen molar-refractivity contribution in [1.82, 2.24) is 4.31 Å². The summed E-state index contributed by atoms with van der Waals surface area (Å²) in [5, 5.41) is -0.791. The molecule has 0 saturated carbocycles. The van der Waals surface area contributed by atoms with Crippen LogP contribution in [0.2, 0.25) is 0 Å². The Morgan fingerprint density at radius 1 is 1.39 bits per heavy atom. The Bertz CT molecular complexity index is 500. The zero-order valence-corrected chi connectivity index (χ0v) is 12.2. The van der Waals surface area contributed by atoms with E-state index < -0.39 is 15.3 Å². The molecule has 6 heteroatoms. The van der Waals surface area contributed by atoms with Crippen molar-refractivity contribution in [2.24, 2.45) is 5.73 Å². The molecule has 0 heterocycles. The Labute approximate surface area is 114 Å². The normalized spacial score (nSPS) is 13.5. The second-order valence-electron chi connectivity index (χ2n) is 4.09. The van der Waals surface area contributed by atoms with Crippen LogP contribution in [0.15, 0.2) is 30.3 Å². The molecule has 2 N–H and O–H groups in total. The molecule has 1 aromatic carbocycles. The first-order chi connectivity index (χ1) is 8.39. The maximum atomic E-state index is 12.3. The number of hydrogen-bond donors (Lipinski definition) is 1. The van der Waals surface area contributed by atoms with Crippen LogP contribution in [0.4, 0.5) is 0 Å². The molecule has 0 aromatic heterocycles. The van der Waals surface area contributed by atoms with Crippen LogP contribution in [0.3, 0.4) is 0 Å². The number of benzene rings is 1. The van der Waals surface area contributed by atoms with E-state index in [2.05, 4.69) is 0 Å². The minimum absolute atomic E-state index is 0.0254. The molecule has 100 valence electrons. The molecule has 0 aliphatic carbocycles. The molecule has 0 fully saturated rings. The van der Waals surface area contributed by atoms with Gasteiger partial charge in [-0.15, -0.1) is 0 Å². The van der Waals surface area contributed by atoms with Crippen LogP contribution in [0.25, 0.3) is 0 Å². The monoisotopic (exact) mass is 286 g/mol. The van der Waals surface area contributed by atoms with Crippen molar-refractivity contribution in [3.05, 3.63) is 35.9 Å². The predicted octanol–water partition coefficient (Wildman–Crippen LogP) is 1.51. The minimum atomic E-state index is -3.48. The molecule has 4 nitrogen and oxygen atoms in total. The fourth-order valence-electron chi connectivity index (χ4n) is 1.71. The molecule has 1 atom stereocenters. The van der Waals surface area contributed by atoms with Gasteiger partial charge in [-0.2, -0.15) is 4.31 Å². The zero-order chi connectivity index (χ0) is 13.8. The van der Waals surface area contributed by atoms with E-state index in [1.54, 1.807) is 14.0 Å². The van der Waals surface area contributed by atoms with Crippen LogP contribution in [0.5, 0.6) is 0 Å². The summed E-state index contributed by atoms with van der Waals surface area (Å²) in [6.07, 6.45) is 0.386. The molecule has 0 radical (unpaired) electrons. The van der Waals surface area contributed by atoms with Crippen LogP contribution in [0.1, 0.15) is 18.9 Å². The Kier molecular flexibility index (Phi) is 5.25. The highest BCUT2D eigenvalue weighted by Gasteiger charge is 2.30. The molecule has 0 aliphatic rings. The largest absolute Gasteiger partial charge is 0.392 e. The van der Waals surface area contributed by atoms with E-state index in [9.17, 15) is 8.42 Å². The van der Waals surface area contributed by atoms with Gasteiger partial charge in [-0.3, -0.25) is 0 Å². The van der Waals surface area contributed by atoms with Crippen LogP contribution in [-0.2, 0) is 16.6 Å². The van der Waals surface area contributed by atoms with E-state index in [0.717, 1.165) is 5.56 Å². The third-order valence-corrected chi connectivity index (χ3v) is 5.47. The van der Waals surface area contributed by atoms with Crippen molar-refractivity contribution in [2.45, 2.75) is 25.1 Å². The van der Waals surface area contributed by atoms with E-state index in [-0.39, 0.29) is 4.99 Å². The topological polar surface area (TPSA) is 63.4 Å². The van der Waals surface area contributed by atoms with Crippen molar-refractivity contribution >= 4 is 27.2 Å². The van der Waals surface area contributed by atoms with Gasteiger partial charge in [0.1, 0.15) is 5.25 Å². The van der Waals surface area contributed by atoms with Gasteiger partial charge in [-0.1, -0.05) is 49.5 Å². The van der Waals surface area contributed by atoms with Gasteiger partial charge in [-0.25, -0.2) is 8.42 Å². The molecule has 0 spiro atoms. The van der Waals surface area contributed by atoms with Gasteiger partial charge >= 0.3 is 0 Å². The highest BCUT2D eigenvalue weighted by molar-refractivity contribution is 7.92. The van der Waals surface area contributed by atoms with Gasteiger partial charge < -0.3 is 5.73 Å². The smallest absolute Gasteiger partial charge is 0.223 e. The van der Waals surface area contributed by atoms with Gasteiger partial charge in [0.15, 0.2) is 0 Å². The summed E-state index contributed by atoms with van der Waals surface area (Å²) >= 11 is 4.82. The van der Waals surface area contributed by atoms with Gasteiger partial charge in [0, 0.05) is 13.6 Å². The van der Waals surface area contributed by atoms with E-state index in [1.807, 2.05) is 30.3 Å². The van der Waals surface area contributed by atoms with Crippen LogP contribution >= 0.6 is 12.2 Å². The number of thiocarbonyl (C=S) groups is 1. The van der Waals surface area contributed by atoms with E-state index in [1.165, 1.54) is 4.31 Å². The first-order valence-corrected chi connectivity index (χ1v) is 7.59. The predicted molar refractivity (Wildman–Crippen MR) is 77.7 cm³/mol. The number of rotatable bonds is 6. The Balaban J connectivity index is 2.89. The Hall–Kier alpha value is -0.980. The molecular weight excluding hydrogens is 268 g/mol. The second-order valence-corrected chi connectivity index (χ2v) is 6.78. The first-order valence-electron chi connectivity index (χ1n) is 5.68. The summed E-state index contributed by atoms with van der Waals surface area (Å²) in [6, 6.07) is 9.41. The SMILES string of the molecule is CCC(C(N)=S)S(=O)(=O)N(C)Cc1ccccc1. The number of hydrogen-bond acceptors (Lipinski definition) is 3. The fraction of sp³-hybridized carbons (Fsp3) is 0.417. The van der Waals surface area contributed by atoms with Gasteiger partial charge in [0.2, 0.25) is 10.0 Å². The third-order valence-electron chi connectivity index (χ3n) is 2.73. The highest BCUT2D eigenvalue weighted by Crippen LogP contribution is 2.14. The number of nitrogens with two attached hydrogens (primary N) is 1. The second kappa shape index (κ2) is 6.26. The molecule has 0 amide bonds. The Morgan fingerprint density at radius 2 is 1.94 bits per heavy atom. The molecule has 1 rings (SSSR count). The van der Waals surface area contributed by atoms with Gasteiger partial charge in [0.25, 0.3) is 0 Å². The molecule has 0 aliphatic heterocycles. The lowest BCUT2D eigenvalue weighted by Crippen LogP contribution is -2.42. The third kappa shape index (κ3) is 3.51. The van der Waals surface area contributed by atoms with Crippen LogP contribution in [-0.4, -0.2) is 30.0 Å². The van der Waals surface area contributed by atoms with Crippen LogP contribution < -0.4 is 5.73 Å². The van der Waals surface area contributed by atoms with Crippen molar-refractivity contribution in [3.63, 3.8) is 0 Å². The van der Waals surface area contributed by atoms with Crippen molar-refractivity contribution in [3.8, 4) is 0 Å². The van der Waals surface area contributed by atoms with E-state index >= 15 is 0 Å². The maximum absolute atomic E-state index is 12.3. The molecule has 18 heavy (non-hydrogen) atoms. The van der Waals surface area contributed by atoms with Crippen molar-refractivity contribution in [2.75, 3.05) is 7.05 Å². The van der Waals surface area contributed by atoms with Crippen LogP contribution in [0, 0.1) is 0 Å². The lowest BCUT2D eigenvalue weighted by atomic mass is 10.2. The minimum Gasteiger partial charge on any atom is -0.392 e. The summed E-state index contributed by atoms with van der Waals surface area (Å²) in [5.74, 6) is 0. The molecule has 1 unspecified atom stereocenters.